The van der Waals surface area contributed by atoms with E-state index in [-0.39, 0.29) is 16.8 Å². The summed E-state index contributed by atoms with van der Waals surface area (Å²) in [5, 5.41) is 7.06. The minimum absolute atomic E-state index is 0.0484. The molecule has 0 aliphatic carbocycles. The smallest absolute Gasteiger partial charge is 0.238 e. The van der Waals surface area contributed by atoms with Crippen LogP contribution in [0.15, 0.2) is 46.7 Å². The zero-order valence-corrected chi connectivity index (χ0v) is 14.7. The lowest BCUT2D eigenvalue weighted by Crippen LogP contribution is -2.29. The van der Waals surface area contributed by atoms with Gasteiger partial charge in [0.2, 0.25) is 15.9 Å². The molecule has 0 saturated heterocycles. The van der Waals surface area contributed by atoms with Gasteiger partial charge in [0, 0.05) is 18.3 Å². The first kappa shape index (κ1) is 17.7. The van der Waals surface area contributed by atoms with E-state index in [1.807, 2.05) is 24.4 Å². The van der Waals surface area contributed by atoms with Gasteiger partial charge in [-0.15, -0.1) is 11.3 Å². The molecule has 1 aromatic carbocycles. The van der Waals surface area contributed by atoms with Gasteiger partial charge in [-0.2, -0.15) is 0 Å². The quantitative estimate of drug-likeness (QED) is 0.867. The number of thiophene rings is 1. The van der Waals surface area contributed by atoms with E-state index < -0.39 is 10.0 Å². The number of benzene rings is 1. The van der Waals surface area contributed by atoms with Crippen LogP contribution in [-0.4, -0.2) is 26.3 Å². The van der Waals surface area contributed by atoms with E-state index in [4.69, 9.17) is 5.14 Å². The molecule has 2 aromatic rings. The van der Waals surface area contributed by atoms with Crippen LogP contribution in [-0.2, 0) is 21.2 Å². The molecule has 1 aromatic heterocycles. The molecule has 0 saturated carbocycles. The maximum Gasteiger partial charge on any atom is 0.238 e. The van der Waals surface area contributed by atoms with Crippen molar-refractivity contribution in [3.8, 4) is 0 Å². The first-order valence-electron chi connectivity index (χ1n) is 7.20. The van der Waals surface area contributed by atoms with Gasteiger partial charge in [0.25, 0.3) is 0 Å². The molecule has 2 N–H and O–H groups in total. The van der Waals surface area contributed by atoms with Gasteiger partial charge in [-0.1, -0.05) is 18.2 Å². The normalized spacial score (nSPS) is 12.8. The van der Waals surface area contributed by atoms with Gasteiger partial charge in [0.05, 0.1) is 10.9 Å². The first-order chi connectivity index (χ1) is 10.8. The van der Waals surface area contributed by atoms with Crippen LogP contribution in [0.2, 0.25) is 0 Å². The lowest BCUT2D eigenvalue weighted by atomic mass is 10.1. The van der Waals surface area contributed by atoms with Gasteiger partial charge in [0.15, 0.2) is 0 Å². The number of nitrogens with zero attached hydrogens (tertiary/aromatic N) is 1. The van der Waals surface area contributed by atoms with E-state index in [9.17, 15) is 13.2 Å². The lowest BCUT2D eigenvalue weighted by Gasteiger charge is -2.24. The predicted octanol–water partition coefficient (Wildman–Crippen LogP) is 2.55. The minimum atomic E-state index is -3.67. The fourth-order valence-corrected chi connectivity index (χ4v) is 3.55. The molecule has 5 nitrogen and oxygen atoms in total. The monoisotopic (exact) mass is 352 g/mol. The van der Waals surface area contributed by atoms with Gasteiger partial charge >= 0.3 is 0 Å². The number of aryl methyl sites for hydroxylation is 1. The molecule has 7 heteroatoms. The number of hydrogen-bond acceptors (Lipinski definition) is 4. The van der Waals surface area contributed by atoms with E-state index in [0.29, 0.717) is 12.8 Å². The average Bonchev–Trinajstić information content (AvgIpc) is 3.05. The van der Waals surface area contributed by atoms with E-state index in [2.05, 4.69) is 0 Å². The summed E-state index contributed by atoms with van der Waals surface area (Å²) in [7, 11) is -1.87. The second-order valence-electron chi connectivity index (χ2n) is 5.38. The van der Waals surface area contributed by atoms with Crippen molar-refractivity contribution >= 4 is 27.3 Å². The zero-order chi connectivity index (χ0) is 17.0. The van der Waals surface area contributed by atoms with Crippen LogP contribution in [0, 0.1) is 0 Å². The zero-order valence-electron chi connectivity index (χ0n) is 13.1. The Morgan fingerprint density at radius 1 is 1.26 bits per heavy atom. The topological polar surface area (TPSA) is 80.5 Å². The van der Waals surface area contributed by atoms with Gasteiger partial charge in [-0.05, 0) is 42.5 Å². The van der Waals surface area contributed by atoms with Crippen LogP contribution in [0.4, 0.5) is 0 Å². The van der Waals surface area contributed by atoms with Crippen molar-refractivity contribution < 1.29 is 13.2 Å². The molecule has 1 amide bonds. The van der Waals surface area contributed by atoms with Crippen molar-refractivity contribution in [2.45, 2.75) is 30.7 Å². The average molecular weight is 352 g/mol. The van der Waals surface area contributed by atoms with Crippen molar-refractivity contribution in [2.75, 3.05) is 7.05 Å². The number of primary sulfonamides is 1. The standard InChI is InChI=1S/C16H20N2O3S2/c1-12(15-4-3-11-22-15)18(2)16(19)10-7-13-5-8-14(9-6-13)23(17,20)21/h3-6,8-9,11-12H,7,10H2,1-2H3,(H2,17,20,21). The molecule has 124 valence electrons. The third kappa shape index (κ3) is 4.63. The molecule has 0 bridgehead atoms. The maximum atomic E-state index is 12.3. The highest BCUT2D eigenvalue weighted by Gasteiger charge is 2.18. The third-order valence-electron chi connectivity index (χ3n) is 3.81. The molecular weight excluding hydrogens is 332 g/mol. The number of hydrogen-bond donors (Lipinski definition) is 1. The van der Waals surface area contributed by atoms with E-state index in [1.54, 1.807) is 35.4 Å². The maximum absolute atomic E-state index is 12.3. The lowest BCUT2D eigenvalue weighted by molar-refractivity contribution is -0.131. The van der Waals surface area contributed by atoms with Crippen LogP contribution in [0.3, 0.4) is 0 Å². The molecule has 1 unspecified atom stereocenters. The third-order valence-corrected chi connectivity index (χ3v) is 5.78. The molecule has 2 rings (SSSR count). The molecule has 0 fully saturated rings. The summed E-state index contributed by atoms with van der Waals surface area (Å²) in [5.74, 6) is 0.0569. The highest BCUT2D eigenvalue weighted by Crippen LogP contribution is 2.24. The van der Waals surface area contributed by atoms with Crippen LogP contribution < -0.4 is 5.14 Å². The van der Waals surface area contributed by atoms with Gasteiger partial charge in [0.1, 0.15) is 0 Å². The van der Waals surface area contributed by atoms with Crippen molar-refractivity contribution in [1.29, 1.82) is 0 Å². The summed E-state index contributed by atoms with van der Waals surface area (Å²) in [6.45, 7) is 2.00. The number of rotatable bonds is 6. The molecule has 23 heavy (non-hydrogen) atoms. The summed E-state index contributed by atoms with van der Waals surface area (Å²) in [6, 6.07) is 10.4. The van der Waals surface area contributed by atoms with Gasteiger partial charge < -0.3 is 4.90 Å². The van der Waals surface area contributed by atoms with Crippen molar-refractivity contribution in [3.05, 3.63) is 52.2 Å². The largest absolute Gasteiger partial charge is 0.338 e. The predicted molar refractivity (Wildman–Crippen MR) is 91.6 cm³/mol. The van der Waals surface area contributed by atoms with Crippen LogP contribution >= 0.6 is 11.3 Å². The SMILES string of the molecule is CC(c1cccs1)N(C)C(=O)CCc1ccc(S(N)(=O)=O)cc1. The van der Waals surface area contributed by atoms with Gasteiger partial charge in [-0.3, -0.25) is 4.79 Å². The number of carbonyl (C=O) groups is 1. The van der Waals surface area contributed by atoms with E-state index in [1.165, 1.54) is 12.1 Å². The molecular formula is C16H20N2O3S2. The molecule has 1 atom stereocenters. The summed E-state index contributed by atoms with van der Waals surface area (Å²) in [4.78, 5) is 15.3. The Kier molecular flexibility index (Phi) is 5.56. The fraction of sp³-hybridized carbons (Fsp3) is 0.312. The van der Waals surface area contributed by atoms with E-state index >= 15 is 0 Å². The number of carbonyl (C=O) groups excluding carboxylic acids is 1. The molecule has 0 spiro atoms. The second kappa shape index (κ2) is 7.25. The Bertz CT molecular complexity index is 753. The molecule has 0 radical (unpaired) electrons. The second-order valence-corrected chi connectivity index (χ2v) is 7.93. The number of sulfonamides is 1. The Hall–Kier alpha value is -1.70. The van der Waals surface area contributed by atoms with Crippen molar-refractivity contribution in [2.24, 2.45) is 5.14 Å². The Balaban J connectivity index is 1.93. The van der Waals surface area contributed by atoms with Crippen LogP contribution in [0.1, 0.15) is 29.8 Å². The summed E-state index contributed by atoms with van der Waals surface area (Å²) >= 11 is 1.63. The Morgan fingerprint density at radius 3 is 2.43 bits per heavy atom. The summed E-state index contributed by atoms with van der Waals surface area (Å²) in [6.07, 6.45) is 0.937. The van der Waals surface area contributed by atoms with Crippen molar-refractivity contribution in [1.82, 2.24) is 4.90 Å². The molecule has 0 aliphatic heterocycles. The summed E-state index contributed by atoms with van der Waals surface area (Å²) < 4.78 is 22.4. The highest BCUT2D eigenvalue weighted by atomic mass is 32.2. The highest BCUT2D eigenvalue weighted by molar-refractivity contribution is 7.89. The first-order valence-corrected chi connectivity index (χ1v) is 9.62. The Morgan fingerprint density at radius 2 is 1.91 bits per heavy atom. The van der Waals surface area contributed by atoms with Gasteiger partial charge in [-0.25, -0.2) is 13.6 Å². The number of nitrogens with two attached hydrogens (primary N) is 1. The minimum Gasteiger partial charge on any atom is -0.338 e. The number of amides is 1. The Labute approximate surface area is 140 Å². The van der Waals surface area contributed by atoms with Crippen molar-refractivity contribution in [3.63, 3.8) is 0 Å². The van der Waals surface area contributed by atoms with E-state index in [0.717, 1.165) is 10.4 Å². The van der Waals surface area contributed by atoms with Crippen LogP contribution in [0.5, 0.6) is 0 Å². The molecule has 0 aliphatic rings. The van der Waals surface area contributed by atoms with Crippen LogP contribution in [0.25, 0.3) is 0 Å². The fourth-order valence-electron chi connectivity index (χ4n) is 2.21. The summed E-state index contributed by atoms with van der Waals surface area (Å²) in [5.41, 5.74) is 0.905. The molecule has 1 heterocycles.